The fraction of sp³-hybridized carbons (Fsp3) is 0.385. The number of ether oxygens (including phenoxy) is 1. The second-order valence-electron chi connectivity index (χ2n) is 4.17. The van der Waals surface area contributed by atoms with E-state index in [0.29, 0.717) is 6.42 Å². The molecule has 0 saturated heterocycles. The van der Waals surface area contributed by atoms with Crippen molar-refractivity contribution in [2.45, 2.75) is 19.3 Å². The fourth-order valence-electron chi connectivity index (χ4n) is 2.06. The van der Waals surface area contributed by atoms with Crippen LogP contribution in [0.2, 0.25) is 0 Å². The molecule has 0 aromatic heterocycles. The molecule has 4 nitrogen and oxygen atoms in total. The standard InChI is InChI=1S/C13H15NO3/c1-14-11-5-3-9(8-13(16)17-2)7-10(11)4-6-12(14)15/h3,5,7H,4,6,8H2,1-2H3. The Morgan fingerprint density at radius 3 is 2.88 bits per heavy atom. The number of nitrogens with zero attached hydrogens (tertiary/aromatic N) is 1. The van der Waals surface area contributed by atoms with Gasteiger partial charge in [0.25, 0.3) is 0 Å². The van der Waals surface area contributed by atoms with Crippen LogP contribution in [0, 0.1) is 0 Å². The molecule has 1 heterocycles. The fourth-order valence-corrected chi connectivity index (χ4v) is 2.06. The van der Waals surface area contributed by atoms with E-state index in [4.69, 9.17) is 0 Å². The van der Waals surface area contributed by atoms with Crippen LogP contribution in [0.15, 0.2) is 18.2 Å². The smallest absolute Gasteiger partial charge is 0.309 e. The van der Waals surface area contributed by atoms with Gasteiger partial charge in [-0.1, -0.05) is 12.1 Å². The van der Waals surface area contributed by atoms with E-state index in [0.717, 1.165) is 23.2 Å². The van der Waals surface area contributed by atoms with Gasteiger partial charge in [-0.2, -0.15) is 0 Å². The highest BCUT2D eigenvalue weighted by Gasteiger charge is 2.20. The number of carbonyl (C=O) groups is 2. The van der Waals surface area contributed by atoms with Gasteiger partial charge in [0, 0.05) is 19.2 Å². The van der Waals surface area contributed by atoms with Crippen LogP contribution in [0.3, 0.4) is 0 Å². The largest absolute Gasteiger partial charge is 0.469 e. The van der Waals surface area contributed by atoms with E-state index in [1.54, 1.807) is 11.9 Å². The first-order chi connectivity index (χ1) is 8.11. The number of carbonyl (C=O) groups excluding carboxylic acids is 2. The van der Waals surface area contributed by atoms with Crippen molar-refractivity contribution in [3.63, 3.8) is 0 Å². The maximum atomic E-state index is 11.5. The monoisotopic (exact) mass is 233 g/mol. The molecule has 1 aliphatic heterocycles. The Balaban J connectivity index is 2.26. The van der Waals surface area contributed by atoms with Gasteiger partial charge in [-0.15, -0.1) is 0 Å². The molecule has 1 aromatic carbocycles. The molecule has 0 radical (unpaired) electrons. The van der Waals surface area contributed by atoms with Crippen LogP contribution in [-0.2, 0) is 27.2 Å². The highest BCUT2D eigenvalue weighted by atomic mass is 16.5. The van der Waals surface area contributed by atoms with E-state index in [-0.39, 0.29) is 18.3 Å². The molecule has 0 atom stereocenters. The van der Waals surface area contributed by atoms with Gasteiger partial charge in [0.1, 0.15) is 0 Å². The summed E-state index contributed by atoms with van der Waals surface area (Å²) in [6.45, 7) is 0. The summed E-state index contributed by atoms with van der Waals surface area (Å²) in [5, 5.41) is 0. The van der Waals surface area contributed by atoms with Gasteiger partial charge >= 0.3 is 5.97 Å². The predicted molar refractivity (Wildman–Crippen MR) is 63.9 cm³/mol. The first-order valence-corrected chi connectivity index (χ1v) is 5.57. The molecule has 17 heavy (non-hydrogen) atoms. The molecular weight excluding hydrogens is 218 g/mol. The Labute approximate surface area is 100 Å². The van der Waals surface area contributed by atoms with Crippen LogP contribution >= 0.6 is 0 Å². The molecule has 0 aliphatic carbocycles. The first kappa shape index (κ1) is 11.6. The van der Waals surface area contributed by atoms with Crippen molar-refractivity contribution in [2.24, 2.45) is 0 Å². The zero-order valence-corrected chi connectivity index (χ0v) is 10.0. The Morgan fingerprint density at radius 1 is 1.41 bits per heavy atom. The van der Waals surface area contributed by atoms with Gasteiger partial charge in [0.15, 0.2) is 0 Å². The second-order valence-corrected chi connectivity index (χ2v) is 4.17. The Kier molecular flexibility index (Phi) is 3.13. The third kappa shape index (κ3) is 2.30. The average molecular weight is 233 g/mol. The molecule has 0 unspecified atom stereocenters. The van der Waals surface area contributed by atoms with Crippen LogP contribution in [-0.4, -0.2) is 26.0 Å². The molecule has 0 saturated carbocycles. The molecule has 0 N–H and O–H groups in total. The van der Waals surface area contributed by atoms with Crippen molar-refractivity contribution in [1.29, 1.82) is 0 Å². The van der Waals surface area contributed by atoms with E-state index >= 15 is 0 Å². The maximum absolute atomic E-state index is 11.5. The first-order valence-electron chi connectivity index (χ1n) is 5.57. The minimum absolute atomic E-state index is 0.137. The SMILES string of the molecule is COC(=O)Cc1ccc2c(c1)CCC(=O)N2C. The topological polar surface area (TPSA) is 46.6 Å². The number of esters is 1. The number of methoxy groups -OCH3 is 1. The number of hydrogen-bond donors (Lipinski definition) is 0. The highest BCUT2D eigenvalue weighted by molar-refractivity contribution is 5.95. The maximum Gasteiger partial charge on any atom is 0.309 e. The molecule has 90 valence electrons. The van der Waals surface area contributed by atoms with Gasteiger partial charge in [-0.05, 0) is 23.6 Å². The molecular formula is C13H15NO3. The van der Waals surface area contributed by atoms with Crippen molar-refractivity contribution in [3.05, 3.63) is 29.3 Å². The summed E-state index contributed by atoms with van der Waals surface area (Å²) in [4.78, 5) is 24.4. The van der Waals surface area contributed by atoms with Crippen molar-refractivity contribution in [1.82, 2.24) is 0 Å². The Bertz CT molecular complexity index is 468. The third-order valence-electron chi connectivity index (χ3n) is 3.06. The predicted octanol–water partition coefficient (Wildman–Crippen LogP) is 1.31. The number of anilines is 1. The summed E-state index contributed by atoms with van der Waals surface area (Å²) in [5.41, 5.74) is 2.99. The molecule has 0 fully saturated rings. The van der Waals surface area contributed by atoms with Gasteiger partial charge < -0.3 is 9.64 Å². The lowest BCUT2D eigenvalue weighted by molar-refractivity contribution is -0.139. The van der Waals surface area contributed by atoms with Gasteiger partial charge in [-0.25, -0.2) is 0 Å². The van der Waals surface area contributed by atoms with Crippen molar-refractivity contribution >= 4 is 17.6 Å². The van der Waals surface area contributed by atoms with Crippen LogP contribution in [0.4, 0.5) is 5.69 Å². The molecule has 1 amide bonds. The van der Waals surface area contributed by atoms with Crippen molar-refractivity contribution in [2.75, 3.05) is 19.1 Å². The number of amides is 1. The summed E-state index contributed by atoms with van der Waals surface area (Å²) in [6.07, 6.45) is 1.56. The minimum Gasteiger partial charge on any atom is -0.469 e. The van der Waals surface area contributed by atoms with E-state index in [9.17, 15) is 9.59 Å². The lowest BCUT2D eigenvalue weighted by Gasteiger charge is -2.26. The van der Waals surface area contributed by atoms with Crippen molar-refractivity contribution < 1.29 is 14.3 Å². The Hall–Kier alpha value is -1.84. The number of rotatable bonds is 2. The van der Waals surface area contributed by atoms with Crippen LogP contribution in [0.25, 0.3) is 0 Å². The molecule has 2 rings (SSSR count). The van der Waals surface area contributed by atoms with Gasteiger partial charge in [-0.3, -0.25) is 9.59 Å². The zero-order valence-electron chi connectivity index (χ0n) is 10.0. The molecule has 1 aliphatic rings. The minimum atomic E-state index is -0.245. The normalized spacial score (nSPS) is 14.5. The molecule has 0 spiro atoms. The summed E-state index contributed by atoms with van der Waals surface area (Å²) < 4.78 is 4.63. The summed E-state index contributed by atoms with van der Waals surface area (Å²) in [5.74, 6) is -0.108. The molecule has 0 bridgehead atoms. The summed E-state index contributed by atoms with van der Waals surface area (Å²) in [6, 6.07) is 5.74. The average Bonchev–Trinajstić information content (AvgIpc) is 2.34. The third-order valence-corrected chi connectivity index (χ3v) is 3.06. The molecule has 1 aromatic rings. The summed E-state index contributed by atoms with van der Waals surface area (Å²) in [7, 11) is 3.16. The van der Waals surface area contributed by atoms with E-state index < -0.39 is 0 Å². The van der Waals surface area contributed by atoms with Crippen LogP contribution in [0.5, 0.6) is 0 Å². The number of benzene rings is 1. The number of hydrogen-bond acceptors (Lipinski definition) is 3. The Morgan fingerprint density at radius 2 is 2.18 bits per heavy atom. The summed E-state index contributed by atoms with van der Waals surface area (Å²) >= 11 is 0. The lowest BCUT2D eigenvalue weighted by atomic mass is 9.98. The van der Waals surface area contributed by atoms with E-state index in [1.807, 2.05) is 18.2 Å². The van der Waals surface area contributed by atoms with Crippen LogP contribution < -0.4 is 4.90 Å². The quantitative estimate of drug-likeness (QED) is 0.723. The number of aryl methyl sites for hydroxylation is 1. The highest BCUT2D eigenvalue weighted by Crippen LogP contribution is 2.27. The molecule has 4 heteroatoms. The van der Waals surface area contributed by atoms with Crippen molar-refractivity contribution in [3.8, 4) is 0 Å². The van der Waals surface area contributed by atoms with Gasteiger partial charge in [0.05, 0.1) is 13.5 Å². The zero-order chi connectivity index (χ0) is 12.4. The van der Waals surface area contributed by atoms with E-state index in [1.165, 1.54) is 7.11 Å². The van der Waals surface area contributed by atoms with Crippen LogP contribution in [0.1, 0.15) is 17.5 Å². The lowest BCUT2D eigenvalue weighted by Crippen LogP contribution is -2.31. The van der Waals surface area contributed by atoms with E-state index in [2.05, 4.69) is 4.74 Å². The van der Waals surface area contributed by atoms with Gasteiger partial charge in [0.2, 0.25) is 5.91 Å². The second kappa shape index (κ2) is 4.57. The number of fused-ring (bicyclic) bond motifs is 1.